The number of nitrogens with zero attached hydrogens (tertiary/aromatic N) is 2. The first-order valence-electron chi connectivity index (χ1n) is 5.68. The fourth-order valence-electron chi connectivity index (χ4n) is 2.22. The van der Waals surface area contributed by atoms with E-state index in [1.54, 1.807) is 11.3 Å². The van der Waals surface area contributed by atoms with Crippen LogP contribution in [0.1, 0.15) is 18.1 Å². The third-order valence-electron chi connectivity index (χ3n) is 2.98. The summed E-state index contributed by atoms with van der Waals surface area (Å²) in [5.74, 6) is 1.23. The zero-order chi connectivity index (χ0) is 11.1. The molecule has 0 fully saturated rings. The van der Waals surface area contributed by atoms with Crippen LogP contribution in [0.15, 0.2) is 11.4 Å². The van der Waals surface area contributed by atoms with Crippen molar-refractivity contribution in [3.05, 3.63) is 22.6 Å². The van der Waals surface area contributed by atoms with E-state index in [4.69, 9.17) is 5.10 Å². The van der Waals surface area contributed by atoms with Crippen LogP contribution in [0.3, 0.4) is 0 Å². The van der Waals surface area contributed by atoms with Gasteiger partial charge in [0.2, 0.25) is 0 Å². The highest BCUT2D eigenvalue weighted by molar-refractivity contribution is 7.13. The molecule has 16 heavy (non-hydrogen) atoms. The zero-order valence-corrected chi connectivity index (χ0v) is 10.4. The monoisotopic (exact) mass is 233 g/mol. The Morgan fingerprint density at radius 1 is 1.56 bits per heavy atom. The van der Waals surface area contributed by atoms with Crippen LogP contribution in [0, 0.1) is 6.92 Å². The molecule has 1 aliphatic heterocycles. The Morgan fingerprint density at radius 2 is 2.44 bits per heavy atom. The molecule has 2 aromatic heterocycles. The number of aryl methyl sites for hydroxylation is 2. The number of thiophene rings is 1. The molecule has 0 aliphatic carbocycles. The molecule has 3 heterocycles. The minimum absolute atomic E-state index is 0.930. The zero-order valence-electron chi connectivity index (χ0n) is 9.58. The Kier molecular flexibility index (Phi) is 2.24. The molecule has 0 amide bonds. The first-order valence-corrected chi connectivity index (χ1v) is 6.56. The molecule has 3 nitrogen and oxygen atoms in total. The van der Waals surface area contributed by atoms with Crippen LogP contribution >= 0.6 is 11.3 Å². The summed E-state index contributed by atoms with van der Waals surface area (Å²) < 4.78 is 2.08. The van der Waals surface area contributed by atoms with E-state index in [2.05, 4.69) is 35.3 Å². The standard InChI is InChI=1S/C12H15N3S/c1-3-15-12-9(4-5-13-12)11(14-15)10-6-8(2)7-16-10/h6-7,13H,3-5H2,1-2H3. The Labute approximate surface area is 99.1 Å². The lowest BCUT2D eigenvalue weighted by Crippen LogP contribution is -2.04. The van der Waals surface area contributed by atoms with Crippen molar-refractivity contribution in [3.63, 3.8) is 0 Å². The van der Waals surface area contributed by atoms with Crippen LogP contribution < -0.4 is 5.32 Å². The fraction of sp³-hybridized carbons (Fsp3) is 0.417. The summed E-state index contributed by atoms with van der Waals surface area (Å²) in [7, 11) is 0. The van der Waals surface area contributed by atoms with Gasteiger partial charge >= 0.3 is 0 Å². The van der Waals surface area contributed by atoms with Crippen LogP contribution in [0.2, 0.25) is 0 Å². The van der Waals surface area contributed by atoms with Gasteiger partial charge in [-0.1, -0.05) is 0 Å². The molecule has 0 bridgehead atoms. The van der Waals surface area contributed by atoms with Crippen molar-refractivity contribution >= 4 is 17.2 Å². The highest BCUT2D eigenvalue weighted by atomic mass is 32.1. The molecule has 0 unspecified atom stereocenters. The van der Waals surface area contributed by atoms with Crippen molar-refractivity contribution in [3.8, 4) is 10.6 Å². The SMILES string of the molecule is CCn1nc(-c2cc(C)cs2)c2c1NCC2. The lowest BCUT2D eigenvalue weighted by atomic mass is 10.1. The first-order chi connectivity index (χ1) is 7.79. The number of hydrogen-bond acceptors (Lipinski definition) is 3. The molecule has 0 radical (unpaired) electrons. The lowest BCUT2D eigenvalue weighted by Gasteiger charge is -2.00. The average Bonchev–Trinajstić information content (AvgIpc) is 2.92. The quantitative estimate of drug-likeness (QED) is 0.864. The van der Waals surface area contributed by atoms with Gasteiger partial charge in [0.05, 0.1) is 4.88 Å². The van der Waals surface area contributed by atoms with Crippen LogP contribution in [-0.4, -0.2) is 16.3 Å². The Hall–Kier alpha value is -1.29. The van der Waals surface area contributed by atoms with Gasteiger partial charge in [0.15, 0.2) is 0 Å². The maximum Gasteiger partial charge on any atom is 0.128 e. The lowest BCUT2D eigenvalue weighted by molar-refractivity contribution is 0.669. The highest BCUT2D eigenvalue weighted by Crippen LogP contribution is 2.35. The van der Waals surface area contributed by atoms with Gasteiger partial charge in [0.25, 0.3) is 0 Å². The van der Waals surface area contributed by atoms with Gasteiger partial charge in [-0.2, -0.15) is 5.10 Å². The van der Waals surface area contributed by atoms with Gasteiger partial charge in [-0.3, -0.25) is 0 Å². The van der Waals surface area contributed by atoms with Gasteiger partial charge in [0, 0.05) is 18.7 Å². The predicted molar refractivity (Wildman–Crippen MR) is 68.1 cm³/mol. The van der Waals surface area contributed by atoms with Gasteiger partial charge in [-0.15, -0.1) is 11.3 Å². The van der Waals surface area contributed by atoms with Gasteiger partial charge in [-0.05, 0) is 37.3 Å². The summed E-state index contributed by atoms with van der Waals surface area (Å²) >= 11 is 1.79. The number of nitrogens with one attached hydrogen (secondary N) is 1. The number of fused-ring (bicyclic) bond motifs is 1. The second kappa shape index (κ2) is 3.63. The van der Waals surface area contributed by atoms with Crippen molar-refractivity contribution < 1.29 is 0 Å². The van der Waals surface area contributed by atoms with Gasteiger partial charge < -0.3 is 5.32 Å². The van der Waals surface area contributed by atoms with E-state index in [9.17, 15) is 0 Å². The Morgan fingerprint density at radius 3 is 3.12 bits per heavy atom. The number of rotatable bonds is 2. The van der Waals surface area contributed by atoms with Crippen molar-refractivity contribution in [1.82, 2.24) is 9.78 Å². The number of hydrogen-bond donors (Lipinski definition) is 1. The molecule has 84 valence electrons. The second-order valence-corrected chi connectivity index (χ2v) is 5.07. The summed E-state index contributed by atoms with van der Waals surface area (Å²) in [6.45, 7) is 6.25. The Bertz CT molecular complexity index is 524. The van der Waals surface area contributed by atoms with Gasteiger partial charge in [-0.25, -0.2) is 4.68 Å². The molecule has 0 spiro atoms. The van der Waals surface area contributed by atoms with Crippen molar-refractivity contribution in [2.45, 2.75) is 26.8 Å². The smallest absolute Gasteiger partial charge is 0.128 e. The molecule has 0 saturated heterocycles. The minimum atomic E-state index is 0.930. The molecular formula is C12H15N3S. The minimum Gasteiger partial charge on any atom is -0.370 e. The molecule has 4 heteroatoms. The average molecular weight is 233 g/mol. The summed E-state index contributed by atoms with van der Waals surface area (Å²) in [5, 5.41) is 10.3. The summed E-state index contributed by atoms with van der Waals surface area (Å²) in [6, 6.07) is 2.23. The molecular weight excluding hydrogens is 218 g/mol. The predicted octanol–water partition coefficient (Wildman–Crippen LogP) is 2.91. The highest BCUT2D eigenvalue weighted by Gasteiger charge is 2.22. The van der Waals surface area contributed by atoms with E-state index in [1.807, 2.05) is 0 Å². The summed E-state index contributed by atoms with van der Waals surface area (Å²) in [6.07, 6.45) is 1.10. The molecule has 0 atom stereocenters. The maximum atomic E-state index is 4.70. The van der Waals surface area contributed by atoms with Crippen LogP contribution in [-0.2, 0) is 13.0 Å². The third-order valence-corrected chi connectivity index (χ3v) is 4.04. The van der Waals surface area contributed by atoms with Gasteiger partial charge in [0.1, 0.15) is 11.5 Å². The number of anilines is 1. The van der Waals surface area contributed by atoms with Crippen molar-refractivity contribution in [2.75, 3.05) is 11.9 Å². The molecule has 2 aromatic rings. The van der Waals surface area contributed by atoms with Crippen LogP contribution in [0.5, 0.6) is 0 Å². The van der Waals surface area contributed by atoms with Crippen LogP contribution in [0.4, 0.5) is 5.82 Å². The molecule has 1 N–H and O–H groups in total. The van der Waals surface area contributed by atoms with E-state index in [0.717, 1.165) is 19.5 Å². The van der Waals surface area contributed by atoms with Crippen molar-refractivity contribution in [1.29, 1.82) is 0 Å². The summed E-state index contributed by atoms with van der Waals surface area (Å²) in [5.41, 5.74) is 3.90. The topological polar surface area (TPSA) is 29.9 Å². The molecule has 1 aliphatic rings. The largest absolute Gasteiger partial charge is 0.370 e. The van der Waals surface area contributed by atoms with E-state index < -0.39 is 0 Å². The maximum absolute atomic E-state index is 4.70. The third kappa shape index (κ3) is 1.37. The first kappa shape index (κ1) is 9.90. The van der Waals surface area contributed by atoms with E-state index in [0.29, 0.717) is 0 Å². The molecule has 3 rings (SSSR count). The normalized spacial score (nSPS) is 13.9. The molecule has 0 saturated carbocycles. The second-order valence-electron chi connectivity index (χ2n) is 4.16. The van der Waals surface area contributed by atoms with Crippen molar-refractivity contribution in [2.24, 2.45) is 0 Å². The molecule has 0 aromatic carbocycles. The summed E-state index contributed by atoms with van der Waals surface area (Å²) in [4.78, 5) is 1.30. The number of aromatic nitrogens is 2. The van der Waals surface area contributed by atoms with E-state index in [1.165, 1.54) is 27.5 Å². The Balaban J connectivity index is 2.14. The van der Waals surface area contributed by atoms with E-state index in [-0.39, 0.29) is 0 Å². The van der Waals surface area contributed by atoms with Crippen LogP contribution in [0.25, 0.3) is 10.6 Å². The van der Waals surface area contributed by atoms with E-state index >= 15 is 0 Å². The fourth-order valence-corrected chi connectivity index (χ4v) is 3.13.